The number of hydrogen-bond donors (Lipinski definition) is 0. The molecule has 4 aromatic rings. The van der Waals surface area contributed by atoms with Gasteiger partial charge in [-0.2, -0.15) is 0 Å². The van der Waals surface area contributed by atoms with Crippen LogP contribution in [-0.4, -0.2) is 4.92 Å². The molecule has 0 saturated carbocycles. The Morgan fingerprint density at radius 1 is 0.613 bits per heavy atom. The summed E-state index contributed by atoms with van der Waals surface area (Å²) in [6.45, 7) is 0. The molecule has 0 unspecified atom stereocenters. The van der Waals surface area contributed by atoms with Crippen molar-refractivity contribution in [2.75, 3.05) is 0 Å². The Kier molecular flexibility index (Phi) is 4.03. The van der Waals surface area contributed by atoms with E-state index in [0.717, 1.165) is 36.8 Å². The summed E-state index contributed by atoms with van der Waals surface area (Å²) in [6, 6.07) is 26.8. The minimum atomic E-state index is -0.307. The van der Waals surface area contributed by atoms with Gasteiger partial charge in [-0.15, -0.1) is 0 Å². The molecular weight excluding hydrogens is 382 g/mol. The summed E-state index contributed by atoms with van der Waals surface area (Å²) in [5.41, 5.74) is 13.0. The van der Waals surface area contributed by atoms with Crippen molar-refractivity contribution in [3.63, 3.8) is 0 Å². The summed E-state index contributed by atoms with van der Waals surface area (Å²) >= 11 is 0. The molecule has 0 radical (unpaired) electrons. The second kappa shape index (κ2) is 6.92. The van der Waals surface area contributed by atoms with Crippen molar-refractivity contribution in [3.8, 4) is 33.4 Å². The lowest BCUT2D eigenvalue weighted by Gasteiger charge is -2.30. The lowest BCUT2D eigenvalue weighted by atomic mass is 9.73. The molecule has 0 atom stereocenters. The Morgan fingerprint density at radius 3 is 2.00 bits per heavy atom. The fourth-order valence-electron chi connectivity index (χ4n) is 5.40. The molecular formula is C28H21NO2. The van der Waals surface area contributed by atoms with Crippen LogP contribution in [0.3, 0.4) is 0 Å². The van der Waals surface area contributed by atoms with Crippen LogP contribution in [0.15, 0.2) is 78.9 Å². The molecule has 2 aliphatic rings. The van der Waals surface area contributed by atoms with Crippen molar-refractivity contribution < 1.29 is 4.92 Å². The van der Waals surface area contributed by atoms with E-state index in [1.165, 1.54) is 44.5 Å². The number of non-ortho nitro benzene ring substituents is 1. The van der Waals surface area contributed by atoms with Crippen molar-refractivity contribution in [1.29, 1.82) is 0 Å². The molecule has 0 amide bonds. The van der Waals surface area contributed by atoms with E-state index in [4.69, 9.17) is 0 Å². The van der Waals surface area contributed by atoms with Crippen LogP contribution in [0.4, 0.5) is 5.69 Å². The maximum absolute atomic E-state index is 11.4. The van der Waals surface area contributed by atoms with Gasteiger partial charge < -0.3 is 0 Å². The quantitative estimate of drug-likeness (QED) is 0.273. The van der Waals surface area contributed by atoms with Crippen LogP contribution in [-0.2, 0) is 25.7 Å². The third kappa shape index (κ3) is 2.81. The van der Waals surface area contributed by atoms with E-state index < -0.39 is 0 Å². The number of aryl methyl sites for hydroxylation is 2. The van der Waals surface area contributed by atoms with E-state index in [1.54, 1.807) is 18.2 Å². The molecule has 0 N–H and O–H groups in total. The Labute approximate surface area is 181 Å². The van der Waals surface area contributed by atoms with Crippen molar-refractivity contribution in [2.45, 2.75) is 25.7 Å². The normalized spacial score (nSPS) is 13.5. The highest BCUT2D eigenvalue weighted by Crippen LogP contribution is 2.48. The highest BCUT2D eigenvalue weighted by Gasteiger charge is 2.28. The molecule has 0 fully saturated rings. The minimum Gasteiger partial charge on any atom is -0.258 e. The van der Waals surface area contributed by atoms with Gasteiger partial charge in [-0.25, -0.2) is 0 Å². The van der Waals surface area contributed by atoms with E-state index in [1.807, 2.05) is 6.07 Å². The summed E-state index contributed by atoms with van der Waals surface area (Å²) in [5.74, 6) is 0. The predicted octanol–water partition coefficient (Wildman–Crippen LogP) is 6.79. The number of nitrogens with zero attached hydrogens (tertiary/aromatic N) is 1. The number of hydrogen-bond acceptors (Lipinski definition) is 2. The SMILES string of the molecule is O=[N+]([O-])c1cccc(-c2cc3c(c4c2CCc2ccccc2-4)CCc2ccccc2-3)c1. The average molecular weight is 403 g/mol. The first kappa shape index (κ1) is 18.1. The van der Waals surface area contributed by atoms with Crippen LogP contribution >= 0.6 is 0 Å². The lowest BCUT2D eigenvalue weighted by molar-refractivity contribution is -0.384. The van der Waals surface area contributed by atoms with Crippen LogP contribution in [0, 0.1) is 10.1 Å². The molecule has 3 heteroatoms. The summed E-state index contributed by atoms with van der Waals surface area (Å²) in [5, 5.41) is 11.4. The minimum absolute atomic E-state index is 0.139. The molecule has 4 aromatic carbocycles. The number of nitro groups is 1. The van der Waals surface area contributed by atoms with E-state index in [2.05, 4.69) is 54.6 Å². The molecule has 3 nitrogen and oxygen atoms in total. The maximum Gasteiger partial charge on any atom is 0.270 e. The Morgan fingerprint density at radius 2 is 1.26 bits per heavy atom. The zero-order valence-corrected chi connectivity index (χ0v) is 17.1. The lowest BCUT2D eigenvalue weighted by Crippen LogP contribution is -2.13. The molecule has 0 bridgehead atoms. The van der Waals surface area contributed by atoms with Crippen molar-refractivity contribution in [2.24, 2.45) is 0 Å². The molecule has 6 rings (SSSR count). The second-order valence-corrected chi connectivity index (χ2v) is 8.43. The van der Waals surface area contributed by atoms with Gasteiger partial charge >= 0.3 is 0 Å². The number of benzene rings is 4. The first-order valence-electron chi connectivity index (χ1n) is 10.8. The van der Waals surface area contributed by atoms with Crippen LogP contribution in [0.5, 0.6) is 0 Å². The van der Waals surface area contributed by atoms with Crippen molar-refractivity contribution in [1.82, 2.24) is 0 Å². The summed E-state index contributed by atoms with van der Waals surface area (Å²) in [4.78, 5) is 11.1. The second-order valence-electron chi connectivity index (χ2n) is 8.43. The molecule has 0 heterocycles. The molecule has 0 aromatic heterocycles. The molecule has 0 aliphatic heterocycles. The highest BCUT2D eigenvalue weighted by molar-refractivity contribution is 5.92. The van der Waals surface area contributed by atoms with Gasteiger partial charge in [0.1, 0.15) is 0 Å². The smallest absolute Gasteiger partial charge is 0.258 e. The number of nitro benzene ring substituents is 1. The van der Waals surface area contributed by atoms with E-state index in [-0.39, 0.29) is 10.6 Å². The third-order valence-electron chi connectivity index (χ3n) is 6.79. The highest BCUT2D eigenvalue weighted by atomic mass is 16.6. The third-order valence-corrected chi connectivity index (χ3v) is 6.79. The van der Waals surface area contributed by atoms with E-state index >= 15 is 0 Å². The Bertz CT molecular complexity index is 1370. The van der Waals surface area contributed by atoms with Crippen LogP contribution in [0.1, 0.15) is 22.3 Å². The largest absolute Gasteiger partial charge is 0.270 e. The summed E-state index contributed by atoms with van der Waals surface area (Å²) in [6.07, 6.45) is 4.03. The summed E-state index contributed by atoms with van der Waals surface area (Å²) < 4.78 is 0. The fourth-order valence-corrected chi connectivity index (χ4v) is 5.40. The Balaban J connectivity index is 1.70. The fraction of sp³-hybridized carbons (Fsp3) is 0.143. The van der Waals surface area contributed by atoms with Gasteiger partial charge in [0.05, 0.1) is 4.92 Å². The average Bonchev–Trinajstić information content (AvgIpc) is 2.83. The standard InChI is InChI=1S/C28H21NO2/c30-29(31)21-9-5-8-20(16-21)26-17-27-22-10-3-1-6-18(22)12-15-25(27)28-23-11-4-2-7-19(23)13-14-24(26)28/h1-11,16-17H,12-15H2. The van der Waals surface area contributed by atoms with Gasteiger partial charge in [-0.05, 0) is 87.4 Å². The number of rotatable bonds is 2. The van der Waals surface area contributed by atoms with Gasteiger partial charge in [0.15, 0.2) is 0 Å². The van der Waals surface area contributed by atoms with Gasteiger partial charge in [0.25, 0.3) is 5.69 Å². The van der Waals surface area contributed by atoms with Crippen molar-refractivity contribution in [3.05, 3.63) is 111 Å². The van der Waals surface area contributed by atoms with E-state index in [0.29, 0.717) is 0 Å². The molecule has 2 aliphatic carbocycles. The van der Waals surface area contributed by atoms with Crippen molar-refractivity contribution >= 4 is 5.69 Å². The van der Waals surface area contributed by atoms with Gasteiger partial charge in [-0.3, -0.25) is 10.1 Å². The van der Waals surface area contributed by atoms with Gasteiger partial charge in [-0.1, -0.05) is 60.7 Å². The monoisotopic (exact) mass is 403 g/mol. The molecule has 150 valence electrons. The zero-order chi connectivity index (χ0) is 20.9. The summed E-state index contributed by atoms with van der Waals surface area (Å²) in [7, 11) is 0. The first-order chi connectivity index (χ1) is 15.2. The number of fused-ring (bicyclic) bond motifs is 7. The molecule has 0 saturated heterocycles. The first-order valence-corrected chi connectivity index (χ1v) is 10.8. The van der Waals surface area contributed by atoms with E-state index in [9.17, 15) is 10.1 Å². The van der Waals surface area contributed by atoms with Gasteiger partial charge in [0, 0.05) is 12.1 Å². The maximum atomic E-state index is 11.4. The molecule has 31 heavy (non-hydrogen) atoms. The topological polar surface area (TPSA) is 43.1 Å². The van der Waals surface area contributed by atoms with Crippen LogP contribution in [0.2, 0.25) is 0 Å². The van der Waals surface area contributed by atoms with Crippen LogP contribution < -0.4 is 0 Å². The molecule has 0 spiro atoms. The Hall–Kier alpha value is -3.72. The van der Waals surface area contributed by atoms with Crippen LogP contribution in [0.25, 0.3) is 33.4 Å². The predicted molar refractivity (Wildman–Crippen MR) is 124 cm³/mol. The van der Waals surface area contributed by atoms with Gasteiger partial charge in [0.2, 0.25) is 0 Å². The zero-order valence-electron chi connectivity index (χ0n) is 17.1.